The third-order valence-electron chi connectivity index (χ3n) is 3.15. The summed E-state index contributed by atoms with van der Waals surface area (Å²) in [5.74, 6) is 0.528. The van der Waals surface area contributed by atoms with Gasteiger partial charge in [0.25, 0.3) is 5.91 Å². The molecule has 0 saturated carbocycles. The molecule has 0 unspecified atom stereocenters. The van der Waals surface area contributed by atoms with E-state index in [9.17, 15) is 4.79 Å². The van der Waals surface area contributed by atoms with Crippen LogP contribution in [0.25, 0.3) is 0 Å². The van der Waals surface area contributed by atoms with Crippen molar-refractivity contribution < 1.29 is 19.0 Å². The van der Waals surface area contributed by atoms with Gasteiger partial charge in [0.2, 0.25) is 11.8 Å². The van der Waals surface area contributed by atoms with Crippen molar-refractivity contribution in [1.29, 1.82) is 0 Å². The SMILES string of the molecule is COCCOc1ncccc1C(=O)N(C)c1ccc(OC)nc1. The molecule has 7 heteroatoms. The number of anilines is 1. The molecule has 2 heterocycles. The first-order valence-corrected chi connectivity index (χ1v) is 7.02. The number of pyridine rings is 2. The van der Waals surface area contributed by atoms with Gasteiger partial charge < -0.3 is 19.1 Å². The minimum atomic E-state index is -0.238. The lowest BCUT2D eigenvalue weighted by atomic mass is 10.2. The van der Waals surface area contributed by atoms with Crippen LogP contribution in [0.1, 0.15) is 10.4 Å². The van der Waals surface area contributed by atoms with Crippen LogP contribution in [0, 0.1) is 0 Å². The number of hydrogen-bond donors (Lipinski definition) is 0. The van der Waals surface area contributed by atoms with Crippen molar-refractivity contribution in [3.63, 3.8) is 0 Å². The Morgan fingerprint density at radius 1 is 1.17 bits per heavy atom. The first kappa shape index (κ1) is 16.7. The lowest BCUT2D eigenvalue weighted by Gasteiger charge is -2.18. The van der Waals surface area contributed by atoms with Crippen LogP contribution in [-0.4, -0.2) is 50.4 Å². The highest BCUT2D eigenvalue weighted by Gasteiger charge is 2.19. The van der Waals surface area contributed by atoms with E-state index in [1.165, 1.54) is 12.0 Å². The van der Waals surface area contributed by atoms with Gasteiger partial charge in [0.1, 0.15) is 12.2 Å². The van der Waals surface area contributed by atoms with Gasteiger partial charge in [-0.05, 0) is 18.2 Å². The summed E-state index contributed by atoms with van der Waals surface area (Å²) in [6, 6.07) is 6.81. The molecule has 7 nitrogen and oxygen atoms in total. The largest absolute Gasteiger partial charge is 0.481 e. The van der Waals surface area contributed by atoms with Gasteiger partial charge in [0.05, 0.1) is 25.6 Å². The number of carbonyl (C=O) groups excluding carboxylic acids is 1. The fourth-order valence-corrected chi connectivity index (χ4v) is 1.88. The van der Waals surface area contributed by atoms with Gasteiger partial charge >= 0.3 is 0 Å². The van der Waals surface area contributed by atoms with Crippen molar-refractivity contribution in [1.82, 2.24) is 9.97 Å². The van der Waals surface area contributed by atoms with Crippen molar-refractivity contribution in [2.24, 2.45) is 0 Å². The molecule has 2 aromatic heterocycles. The van der Waals surface area contributed by atoms with Gasteiger partial charge in [-0.2, -0.15) is 0 Å². The van der Waals surface area contributed by atoms with Crippen LogP contribution in [0.3, 0.4) is 0 Å². The molecule has 0 atom stereocenters. The summed E-state index contributed by atoms with van der Waals surface area (Å²) in [5.41, 5.74) is 1.02. The summed E-state index contributed by atoms with van der Waals surface area (Å²) < 4.78 is 15.4. The average molecular weight is 317 g/mol. The Morgan fingerprint density at radius 2 is 2.00 bits per heavy atom. The number of ether oxygens (including phenoxy) is 3. The maximum absolute atomic E-state index is 12.7. The molecule has 2 rings (SSSR count). The molecule has 0 radical (unpaired) electrons. The standard InChI is InChI=1S/C16H19N3O4/c1-19(12-6-7-14(22-3)18-11-12)16(20)13-5-4-8-17-15(13)23-10-9-21-2/h4-8,11H,9-10H2,1-3H3. The first-order valence-electron chi connectivity index (χ1n) is 7.02. The van der Waals surface area contributed by atoms with E-state index < -0.39 is 0 Å². The van der Waals surface area contributed by atoms with Crippen LogP contribution < -0.4 is 14.4 Å². The second-order valence-electron chi connectivity index (χ2n) is 4.62. The highest BCUT2D eigenvalue weighted by molar-refractivity contribution is 6.07. The fraction of sp³-hybridized carbons (Fsp3) is 0.312. The molecule has 0 aromatic carbocycles. The van der Waals surface area contributed by atoms with E-state index in [0.717, 1.165) is 0 Å². The van der Waals surface area contributed by atoms with Gasteiger partial charge in [-0.15, -0.1) is 0 Å². The van der Waals surface area contributed by atoms with Crippen molar-refractivity contribution in [3.05, 3.63) is 42.2 Å². The van der Waals surface area contributed by atoms with Crippen LogP contribution >= 0.6 is 0 Å². The zero-order valence-electron chi connectivity index (χ0n) is 13.4. The summed E-state index contributed by atoms with van der Waals surface area (Å²) in [6.07, 6.45) is 3.15. The molecule has 0 N–H and O–H groups in total. The quantitative estimate of drug-likeness (QED) is 0.725. The van der Waals surface area contributed by atoms with Crippen molar-refractivity contribution >= 4 is 11.6 Å². The summed E-state index contributed by atoms with van der Waals surface area (Å²) in [6.45, 7) is 0.740. The molecule has 0 aliphatic heterocycles. The maximum Gasteiger partial charge on any atom is 0.263 e. The molecule has 23 heavy (non-hydrogen) atoms. The van der Waals surface area contributed by atoms with Crippen LogP contribution in [0.5, 0.6) is 11.8 Å². The Hall–Kier alpha value is -2.67. The average Bonchev–Trinajstić information content (AvgIpc) is 2.61. The van der Waals surface area contributed by atoms with Gasteiger partial charge in [-0.3, -0.25) is 4.79 Å². The number of nitrogens with zero attached hydrogens (tertiary/aromatic N) is 3. The summed E-state index contributed by atoms with van der Waals surface area (Å²) >= 11 is 0. The molecule has 0 fully saturated rings. The fourth-order valence-electron chi connectivity index (χ4n) is 1.88. The van der Waals surface area contributed by atoms with E-state index >= 15 is 0 Å². The van der Waals surface area contributed by atoms with Crippen LogP contribution in [0.4, 0.5) is 5.69 Å². The number of methoxy groups -OCH3 is 2. The molecular formula is C16H19N3O4. The zero-order valence-corrected chi connectivity index (χ0v) is 13.4. The molecular weight excluding hydrogens is 298 g/mol. The van der Waals surface area contributed by atoms with Crippen molar-refractivity contribution in [2.45, 2.75) is 0 Å². The molecule has 0 aliphatic rings. The minimum Gasteiger partial charge on any atom is -0.481 e. The number of hydrogen-bond acceptors (Lipinski definition) is 6. The predicted octanol–water partition coefficient (Wildman–Crippen LogP) is 1.79. The topological polar surface area (TPSA) is 73.8 Å². The molecule has 0 bridgehead atoms. The monoisotopic (exact) mass is 317 g/mol. The Bertz CT molecular complexity index is 646. The van der Waals surface area contributed by atoms with Gasteiger partial charge in [0, 0.05) is 26.4 Å². The van der Waals surface area contributed by atoms with Gasteiger partial charge in [0.15, 0.2) is 0 Å². The minimum absolute atomic E-state index is 0.238. The summed E-state index contributed by atoms with van der Waals surface area (Å²) in [5, 5.41) is 0. The molecule has 0 spiro atoms. The maximum atomic E-state index is 12.7. The van der Waals surface area contributed by atoms with E-state index in [4.69, 9.17) is 14.2 Å². The Morgan fingerprint density at radius 3 is 2.65 bits per heavy atom. The lowest BCUT2D eigenvalue weighted by molar-refractivity contribution is 0.0983. The smallest absolute Gasteiger partial charge is 0.263 e. The van der Waals surface area contributed by atoms with Crippen LogP contribution in [0.2, 0.25) is 0 Å². The third kappa shape index (κ3) is 4.17. The van der Waals surface area contributed by atoms with Crippen LogP contribution in [0.15, 0.2) is 36.7 Å². The van der Waals surface area contributed by atoms with Crippen molar-refractivity contribution in [3.8, 4) is 11.8 Å². The third-order valence-corrected chi connectivity index (χ3v) is 3.15. The van der Waals surface area contributed by atoms with E-state index in [1.54, 1.807) is 50.8 Å². The van der Waals surface area contributed by atoms with Crippen molar-refractivity contribution in [2.75, 3.05) is 39.4 Å². The summed E-state index contributed by atoms with van der Waals surface area (Å²) in [7, 11) is 4.78. The second kappa shape index (κ2) is 8.09. The van der Waals surface area contributed by atoms with E-state index in [-0.39, 0.29) is 11.8 Å². The number of aromatic nitrogens is 2. The molecule has 0 saturated heterocycles. The second-order valence-corrected chi connectivity index (χ2v) is 4.62. The predicted molar refractivity (Wildman–Crippen MR) is 85.1 cm³/mol. The van der Waals surface area contributed by atoms with Gasteiger partial charge in [-0.1, -0.05) is 0 Å². The Labute approximate surface area is 134 Å². The van der Waals surface area contributed by atoms with E-state index in [1.807, 2.05) is 0 Å². The highest BCUT2D eigenvalue weighted by Crippen LogP contribution is 2.21. The lowest BCUT2D eigenvalue weighted by Crippen LogP contribution is -2.27. The number of amides is 1. The van der Waals surface area contributed by atoms with Gasteiger partial charge in [-0.25, -0.2) is 9.97 Å². The zero-order chi connectivity index (χ0) is 16.7. The Balaban J connectivity index is 2.18. The number of carbonyl (C=O) groups is 1. The van der Waals surface area contributed by atoms with Crippen LogP contribution in [-0.2, 0) is 4.74 Å². The van der Waals surface area contributed by atoms with E-state index in [2.05, 4.69) is 9.97 Å². The highest BCUT2D eigenvalue weighted by atomic mass is 16.5. The number of rotatable bonds is 7. The molecule has 0 aliphatic carbocycles. The summed E-state index contributed by atoms with van der Waals surface area (Å²) in [4.78, 5) is 22.4. The molecule has 1 amide bonds. The van der Waals surface area contributed by atoms with E-state index in [0.29, 0.717) is 30.3 Å². The molecule has 122 valence electrons. The molecule has 2 aromatic rings. The normalized spacial score (nSPS) is 10.2. The Kier molecular flexibility index (Phi) is 5.87. The first-order chi connectivity index (χ1) is 11.2.